The first-order valence-electron chi connectivity index (χ1n) is 4.93. The topological polar surface area (TPSA) is 51.2 Å². The third kappa shape index (κ3) is 5.58. The summed E-state index contributed by atoms with van der Waals surface area (Å²) in [6.07, 6.45) is -3.28. The summed E-state index contributed by atoms with van der Waals surface area (Å²) in [7, 11) is 0. The largest absolute Gasteiger partial charge is 0.411 e. The Hall–Kier alpha value is -1.70. The maximum Gasteiger partial charge on any atom is 0.411 e. The first-order valence-corrected chi connectivity index (χ1v) is 4.93. The molecule has 0 aromatic carbocycles. The standard InChI is InChI=1S/C10H10F4N2O2/c11-8-5-7(1-2-15-8)9(17)16-3-4-18-6-10(12,13)14/h1-2,5H,3-4,6H2,(H,16,17). The van der Waals surface area contributed by atoms with E-state index in [0.29, 0.717) is 0 Å². The summed E-state index contributed by atoms with van der Waals surface area (Å²) in [6.45, 7) is -1.75. The molecule has 0 saturated carbocycles. The maximum absolute atomic E-state index is 12.7. The number of rotatable bonds is 5. The van der Waals surface area contributed by atoms with Crippen LogP contribution in [-0.2, 0) is 4.74 Å². The number of aromatic nitrogens is 1. The van der Waals surface area contributed by atoms with E-state index in [1.807, 2.05) is 0 Å². The molecule has 0 aliphatic carbocycles. The minimum absolute atomic E-state index is 0.0401. The van der Waals surface area contributed by atoms with Gasteiger partial charge >= 0.3 is 6.18 Å². The zero-order chi connectivity index (χ0) is 13.6. The van der Waals surface area contributed by atoms with Gasteiger partial charge in [0.05, 0.1) is 6.61 Å². The third-order valence-electron chi connectivity index (χ3n) is 1.79. The first-order chi connectivity index (χ1) is 8.38. The quantitative estimate of drug-likeness (QED) is 0.499. The molecule has 4 nitrogen and oxygen atoms in total. The van der Waals surface area contributed by atoms with Gasteiger partial charge in [-0.05, 0) is 6.07 Å². The Bertz CT molecular complexity index is 409. The van der Waals surface area contributed by atoms with Crippen molar-refractivity contribution in [3.63, 3.8) is 0 Å². The Labute approximate surface area is 100.0 Å². The lowest BCUT2D eigenvalue weighted by molar-refractivity contribution is -0.173. The predicted molar refractivity (Wildman–Crippen MR) is 53.4 cm³/mol. The average Bonchev–Trinajstić information content (AvgIpc) is 2.26. The van der Waals surface area contributed by atoms with Crippen LogP contribution >= 0.6 is 0 Å². The molecule has 0 fully saturated rings. The van der Waals surface area contributed by atoms with Crippen molar-refractivity contribution < 1.29 is 27.1 Å². The van der Waals surface area contributed by atoms with Gasteiger partial charge in [-0.3, -0.25) is 4.79 Å². The van der Waals surface area contributed by atoms with Crippen LogP contribution < -0.4 is 5.32 Å². The second-order valence-electron chi connectivity index (χ2n) is 3.29. The second kappa shape index (κ2) is 6.29. The monoisotopic (exact) mass is 266 g/mol. The minimum Gasteiger partial charge on any atom is -0.370 e. The van der Waals surface area contributed by atoms with E-state index in [0.717, 1.165) is 12.3 Å². The van der Waals surface area contributed by atoms with E-state index in [-0.39, 0.29) is 18.7 Å². The molecular weight excluding hydrogens is 256 g/mol. The fraction of sp³-hybridized carbons (Fsp3) is 0.400. The smallest absolute Gasteiger partial charge is 0.370 e. The molecule has 0 atom stereocenters. The molecule has 1 aromatic heterocycles. The van der Waals surface area contributed by atoms with Crippen LogP contribution in [0, 0.1) is 5.95 Å². The lowest BCUT2D eigenvalue weighted by Crippen LogP contribution is -2.29. The van der Waals surface area contributed by atoms with Crippen molar-refractivity contribution in [1.82, 2.24) is 10.3 Å². The van der Waals surface area contributed by atoms with Gasteiger partial charge in [0.25, 0.3) is 5.91 Å². The van der Waals surface area contributed by atoms with Crippen LogP contribution in [-0.4, -0.2) is 36.8 Å². The number of halogens is 4. The lowest BCUT2D eigenvalue weighted by Gasteiger charge is -2.08. The number of ether oxygens (including phenoxy) is 1. The van der Waals surface area contributed by atoms with E-state index in [2.05, 4.69) is 15.0 Å². The summed E-state index contributed by atoms with van der Waals surface area (Å²) >= 11 is 0. The van der Waals surface area contributed by atoms with E-state index < -0.39 is 24.6 Å². The van der Waals surface area contributed by atoms with Gasteiger partial charge in [0.1, 0.15) is 6.61 Å². The van der Waals surface area contributed by atoms with Gasteiger partial charge in [0, 0.05) is 24.4 Å². The van der Waals surface area contributed by atoms with Crippen LogP contribution in [0.4, 0.5) is 17.6 Å². The molecule has 0 bridgehead atoms. The highest BCUT2D eigenvalue weighted by molar-refractivity contribution is 5.93. The van der Waals surface area contributed by atoms with Crippen LogP contribution in [0.5, 0.6) is 0 Å². The Kier molecular flexibility index (Phi) is 5.02. The van der Waals surface area contributed by atoms with Gasteiger partial charge in [-0.2, -0.15) is 17.6 Å². The summed E-state index contributed by atoms with van der Waals surface area (Å²) in [5.74, 6) is -1.41. The van der Waals surface area contributed by atoms with Crippen LogP contribution in [0.3, 0.4) is 0 Å². The normalized spacial score (nSPS) is 11.3. The molecule has 100 valence electrons. The number of hydrogen-bond donors (Lipinski definition) is 1. The highest BCUT2D eigenvalue weighted by Gasteiger charge is 2.27. The Morgan fingerprint density at radius 3 is 2.78 bits per heavy atom. The molecule has 1 heterocycles. The number of hydrogen-bond acceptors (Lipinski definition) is 3. The summed E-state index contributed by atoms with van der Waals surface area (Å²) in [5, 5.41) is 2.29. The molecule has 0 radical (unpaired) electrons. The number of amides is 1. The molecule has 1 amide bonds. The van der Waals surface area contributed by atoms with Crippen molar-refractivity contribution in [3.8, 4) is 0 Å². The summed E-state index contributed by atoms with van der Waals surface area (Å²) in [5.41, 5.74) is 0.0401. The third-order valence-corrected chi connectivity index (χ3v) is 1.79. The van der Waals surface area contributed by atoms with E-state index in [1.165, 1.54) is 6.07 Å². The molecule has 18 heavy (non-hydrogen) atoms. The first kappa shape index (κ1) is 14.4. The predicted octanol–water partition coefficient (Wildman–Crippen LogP) is 1.53. The summed E-state index contributed by atoms with van der Waals surface area (Å²) in [4.78, 5) is 14.6. The molecule has 0 aliphatic rings. The zero-order valence-electron chi connectivity index (χ0n) is 9.13. The highest BCUT2D eigenvalue weighted by atomic mass is 19.4. The molecule has 8 heteroatoms. The van der Waals surface area contributed by atoms with Gasteiger partial charge in [-0.25, -0.2) is 4.98 Å². The SMILES string of the molecule is O=C(NCCOCC(F)(F)F)c1ccnc(F)c1. The van der Waals surface area contributed by atoms with E-state index >= 15 is 0 Å². The van der Waals surface area contributed by atoms with Crippen LogP contribution in [0.1, 0.15) is 10.4 Å². The summed E-state index contributed by atoms with van der Waals surface area (Å²) < 4.78 is 52.0. The maximum atomic E-state index is 12.7. The Morgan fingerprint density at radius 2 is 2.17 bits per heavy atom. The molecule has 0 saturated heterocycles. The molecule has 1 aromatic rings. The molecule has 1 rings (SSSR count). The Balaban J connectivity index is 2.26. The average molecular weight is 266 g/mol. The van der Waals surface area contributed by atoms with Crippen molar-refractivity contribution in [2.75, 3.05) is 19.8 Å². The van der Waals surface area contributed by atoms with E-state index in [4.69, 9.17) is 0 Å². The molecule has 0 aliphatic heterocycles. The number of nitrogens with one attached hydrogen (secondary N) is 1. The van der Waals surface area contributed by atoms with Gasteiger partial charge in [0.2, 0.25) is 5.95 Å². The highest BCUT2D eigenvalue weighted by Crippen LogP contribution is 2.13. The van der Waals surface area contributed by atoms with Crippen LogP contribution in [0.15, 0.2) is 18.3 Å². The van der Waals surface area contributed by atoms with Crippen molar-refractivity contribution in [2.45, 2.75) is 6.18 Å². The minimum atomic E-state index is -4.39. The van der Waals surface area contributed by atoms with Crippen molar-refractivity contribution >= 4 is 5.91 Å². The van der Waals surface area contributed by atoms with Crippen LogP contribution in [0.2, 0.25) is 0 Å². The van der Waals surface area contributed by atoms with E-state index in [9.17, 15) is 22.4 Å². The van der Waals surface area contributed by atoms with Crippen molar-refractivity contribution in [3.05, 3.63) is 29.8 Å². The number of carbonyl (C=O) groups excluding carboxylic acids is 1. The molecule has 0 unspecified atom stereocenters. The van der Waals surface area contributed by atoms with Gasteiger partial charge in [-0.15, -0.1) is 0 Å². The fourth-order valence-corrected chi connectivity index (χ4v) is 1.07. The van der Waals surface area contributed by atoms with Crippen molar-refractivity contribution in [2.24, 2.45) is 0 Å². The lowest BCUT2D eigenvalue weighted by atomic mass is 10.2. The Morgan fingerprint density at radius 1 is 1.44 bits per heavy atom. The van der Waals surface area contributed by atoms with Gasteiger partial charge in [0.15, 0.2) is 0 Å². The zero-order valence-corrected chi connectivity index (χ0v) is 9.13. The van der Waals surface area contributed by atoms with Crippen LogP contribution in [0.25, 0.3) is 0 Å². The molecule has 1 N–H and O–H groups in total. The van der Waals surface area contributed by atoms with Crippen molar-refractivity contribution in [1.29, 1.82) is 0 Å². The van der Waals surface area contributed by atoms with E-state index in [1.54, 1.807) is 0 Å². The second-order valence-corrected chi connectivity index (χ2v) is 3.29. The number of nitrogens with zero attached hydrogens (tertiary/aromatic N) is 1. The molecular formula is C10H10F4N2O2. The summed E-state index contributed by atoms with van der Waals surface area (Å²) in [6, 6.07) is 2.21. The fourth-order valence-electron chi connectivity index (χ4n) is 1.07. The number of pyridine rings is 1. The molecule has 0 spiro atoms. The number of alkyl halides is 3. The van der Waals surface area contributed by atoms with Gasteiger partial charge in [-0.1, -0.05) is 0 Å². The van der Waals surface area contributed by atoms with Gasteiger partial charge < -0.3 is 10.1 Å². The number of carbonyl (C=O) groups is 1.